The van der Waals surface area contributed by atoms with Gasteiger partial charge in [-0.15, -0.1) is 0 Å². The second-order valence-corrected chi connectivity index (χ2v) is 11.2. The lowest BCUT2D eigenvalue weighted by molar-refractivity contribution is -0.155. The van der Waals surface area contributed by atoms with Gasteiger partial charge in [-0.1, -0.05) is 13.8 Å². The first-order valence-electron chi connectivity index (χ1n) is 11.8. The van der Waals surface area contributed by atoms with Gasteiger partial charge in [-0.25, -0.2) is 0 Å². The van der Waals surface area contributed by atoms with E-state index in [1.807, 2.05) is 0 Å². The number of carboxylic acids is 2. The minimum absolute atomic E-state index is 0.106. The Bertz CT molecular complexity index is 648. The van der Waals surface area contributed by atoms with Gasteiger partial charge in [-0.3, -0.25) is 9.59 Å². The molecule has 0 saturated heterocycles. The summed E-state index contributed by atoms with van der Waals surface area (Å²) < 4.78 is 0. The third-order valence-corrected chi connectivity index (χ3v) is 10.2. The summed E-state index contributed by atoms with van der Waals surface area (Å²) in [5.41, 5.74) is 0.610. The van der Waals surface area contributed by atoms with Crippen LogP contribution in [0.5, 0.6) is 0 Å². The molecule has 0 heterocycles. The molecule has 0 aromatic carbocycles. The molecule has 0 aromatic rings. The molecule has 8 atom stereocenters. The third-order valence-electron chi connectivity index (χ3n) is 10.2. The number of carboxylic acid groups (broad SMARTS) is 2. The maximum absolute atomic E-state index is 11.3. The maximum Gasteiger partial charge on any atom is 0.317 e. The Balaban J connectivity index is 1.47. The van der Waals surface area contributed by atoms with Gasteiger partial charge in [-0.05, 0) is 111 Å². The topological polar surface area (TPSA) is 94.8 Å². The Morgan fingerprint density at radius 2 is 1.55 bits per heavy atom. The zero-order valence-corrected chi connectivity index (χ0v) is 18.0. The third kappa shape index (κ3) is 3.41. The highest BCUT2D eigenvalue weighted by atomic mass is 16.4. The average molecular weight is 407 g/mol. The van der Waals surface area contributed by atoms with E-state index in [0.29, 0.717) is 23.2 Å². The molecule has 3 N–H and O–H groups in total. The molecule has 0 amide bonds. The number of hydrogen-bond donors (Lipinski definition) is 3. The van der Waals surface area contributed by atoms with Gasteiger partial charge >= 0.3 is 11.9 Å². The first kappa shape index (κ1) is 21.1. The first-order chi connectivity index (χ1) is 13.7. The number of aliphatic carboxylic acids is 2. The van der Waals surface area contributed by atoms with Crippen LogP contribution in [0.3, 0.4) is 0 Å². The summed E-state index contributed by atoms with van der Waals surface area (Å²) in [5.74, 6) is -0.338. The number of carbonyl (C=O) groups is 2. The predicted octanol–water partition coefficient (Wildman–Crippen LogP) is 4.57. The molecular formula is C24H38O5. The molecule has 5 heteroatoms. The van der Waals surface area contributed by atoms with Crippen molar-refractivity contribution >= 4 is 11.9 Å². The standard InChI is InChI=1S/C24H38O5/c1-23-12-10-20-17(6-4-15-13-16(25)9-11-24(15,20)2)19(23)8-5-14(23)3-7-18(21(26)27)22(28)29/h14-20,25H,3-13H2,1-2H3,(H,26,27)(H,28,29)/t14?,15?,16-,17?,19?,20?,23?,24?/m1/s1. The summed E-state index contributed by atoms with van der Waals surface area (Å²) in [5, 5.41) is 28.6. The van der Waals surface area contributed by atoms with E-state index in [9.17, 15) is 24.9 Å². The minimum atomic E-state index is -1.27. The fourth-order valence-corrected chi connectivity index (χ4v) is 8.54. The van der Waals surface area contributed by atoms with Crippen molar-refractivity contribution in [2.45, 2.75) is 90.6 Å². The van der Waals surface area contributed by atoms with E-state index < -0.39 is 17.9 Å². The van der Waals surface area contributed by atoms with E-state index >= 15 is 0 Å². The molecule has 5 nitrogen and oxygen atoms in total. The Labute approximate surface area is 174 Å². The van der Waals surface area contributed by atoms with Crippen LogP contribution in [0.15, 0.2) is 0 Å². The van der Waals surface area contributed by atoms with Crippen molar-refractivity contribution in [1.82, 2.24) is 0 Å². The van der Waals surface area contributed by atoms with E-state index in [0.717, 1.165) is 43.9 Å². The molecule has 4 aliphatic carbocycles. The molecule has 0 radical (unpaired) electrons. The Morgan fingerprint density at radius 1 is 0.897 bits per heavy atom. The highest BCUT2D eigenvalue weighted by molar-refractivity contribution is 5.92. The van der Waals surface area contributed by atoms with Crippen LogP contribution in [-0.2, 0) is 9.59 Å². The quantitative estimate of drug-likeness (QED) is 0.581. The Hall–Kier alpha value is -1.10. The fourth-order valence-electron chi connectivity index (χ4n) is 8.54. The lowest BCUT2D eigenvalue weighted by Crippen LogP contribution is -2.53. The summed E-state index contributed by atoms with van der Waals surface area (Å²) in [4.78, 5) is 22.6. The monoisotopic (exact) mass is 406 g/mol. The molecule has 0 aromatic heterocycles. The Morgan fingerprint density at radius 3 is 2.24 bits per heavy atom. The van der Waals surface area contributed by atoms with Crippen LogP contribution in [0.1, 0.15) is 84.5 Å². The van der Waals surface area contributed by atoms with Gasteiger partial charge in [0.15, 0.2) is 5.92 Å². The number of aliphatic hydroxyl groups excluding tert-OH is 1. The number of aliphatic hydroxyl groups is 1. The molecule has 0 bridgehead atoms. The molecule has 7 unspecified atom stereocenters. The van der Waals surface area contributed by atoms with Crippen LogP contribution in [0.4, 0.5) is 0 Å². The van der Waals surface area contributed by atoms with E-state index in [2.05, 4.69) is 13.8 Å². The summed E-state index contributed by atoms with van der Waals surface area (Å²) in [6.45, 7) is 4.92. The summed E-state index contributed by atoms with van der Waals surface area (Å²) in [6, 6.07) is 0. The lowest BCUT2D eigenvalue weighted by atomic mass is 9.44. The molecule has 0 aliphatic heterocycles. The van der Waals surface area contributed by atoms with Crippen LogP contribution in [-0.4, -0.2) is 33.4 Å². The molecule has 0 spiro atoms. The van der Waals surface area contributed by atoms with Crippen LogP contribution in [0.2, 0.25) is 0 Å². The molecule has 29 heavy (non-hydrogen) atoms. The van der Waals surface area contributed by atoms with Gasteiger partial charge < -0.3 is 15.3 Å². The van der Waals surface area contributed by atoms with Crippen molar-refractivity contribution in [1.29, 1.82) is 0 Å². The molecule has 4 fully saturated rings. The second-order valence-electron chi connectivity index (χ2n) is 11.2. The van der Waals surface area contributed by atoms with Crippen LogP contribution < -0.4 is 0 Å². The van der Waals surface area contributed by atoms with Crippen molar-refractivity contribution in [3.8, 4) is 0 Å². The highest BCUT2D eigenvalue weighted by Crippen LogP contribution is 2.67. The number of rotatable bonds is 5. The smallest absolute Gasteiger partial charge is 0.317 e. The zero-order chi connectivity index (χ0) is 21.0. The molecule has 4 rings (SSSR count). The van der Waals surface area contributed by atoms with Crippen molar-refractivity contribution in [3.05, 3.63) is 0 Å². The SMILES string of the molecule is CC12CCC3C(CCC4C[C@H](O)CCC43C)C1CCC2CCC(C(=O)O)C(=O)O. The van der Waals surface area contributed by atoms with Crippen LogP contribution in [0.25, 0.3) is 0 Å². The van der Waals surface area contributed by atoms with E-state index in [4.69, 9.17) is 0 Å². The number of hydrogen-bond acceptors (Lipinski definition) is 3. The minimum Gasteiger partial charge on any atom is -0.481 e. The average Bonchev–Trinajstić information content (AvgIpc) is 2.98. The summed E-state index contributed by atoms with van der Waals surface area (Å²) >= 11 is 0. The van der Waals surface area contributed by atoms with E-state index in [1.54, 1.807) is 0 Å². The maximum atomic E-state index is 11.3. The number of fused-ring (bicyclic) bond motifs is 5. The van der Waals surface area contributed by atoms with E-state index in [1.165, 1.54) is 32.1 Å². The van der Waals surface area contributed by atoms with Crippen LogP contribution in [0, 0.1) is 46.3 Å². The van der Waals surface area contributed by atoms with Gasteiger partial charge in [0.25, 0.3) is 0 Å². The second kappa shape index (κ2) is 7.55. The first-order valence-corrected chi connectivity index (χ1v) is 11.8. The van der Waals surface area contributed by atoms with Crippen molar-refractivity contribution in [2.75, 3.05) is 0 Å². The normalized spacial score (nSPS) is 46.6. The zero-order valence-electron chi connectivity index (χ0n) is 18.0. The molecular weight excluding hydrogens is 368 g/mol. The van der Waals surface area contributed by atoms with Crippen LogP contribution >= 0.6 is 0 Å². The van der Waals surface area contributed by atoms with Crippen molar-refractivity contribution < 1.29 is 24.9 Å². The van der Waals surface area contributed by atoms with Crippen molar-refractivity contribution in [3.63, 3.8) is 0 Å². The predicted molar refractivity (Wildman–Crippen MR) is 109 cm³/mol. The van der Waals surface area contributed by atoms with Gasteiger partial charge in [0.2, 0.25) is 0 Å². The van der Waals surface area contributed by atoms with Crippen molar-refractivity contribution in [2.24, 2.45) is 46.3 Å². The summed E-state index contributed by atoms with van der Waals surface area (Å²) in [6.07, 6.45) is 11.3. The van der Waals surface area contributed by atoms with Gasteiger partial charge in [0.1, 0.15) is 0 Å². The molecule has 4 aliphatic rings. The van der Waals surface area contributed by atoms with Gasteiger partial charge in [0, 0.05) is 0 Å². The van der Waals surface area contributed by atoms with E-state index in [-0.39, 0.29) is 17.9 Å². The highest BCUT2D eigenvalue weighted by Gasteiger charge is 2.59. The Kier molecular flexibility index (Phi) is 5.50. The van der Waals surface area contributed by atoms with Gasteiger partial charge in [-0.2, -0.15) is 0 Å². The van der Waals surface area contributed by atoms with Gasteiger partial charge in [0.05, 0.1) is 6.10 Å². The molecule has 4 saturated carbocycles. The fraction of sp³-hybridized carbons (Fsp3) is 0.917. The lowest BCUT2D eigenvalue weighted by Gasteiger charge is -2.61. The summed E-state index contributed by atoms with van der Waals surface area (Å²) in [7, 11) is 0. The largest absolute Gasteiger partial charge is 0.481 e. The molecule has 164 valence electrons.